The molecule has 0 spiro atoms. The topological polar surface area (TPSA) is 65.4 Å². The second kappa shape index (κ2) is 6.83. The molecular weight excluding hydrogens is 294 g/mol. The zero-order chi connectivity index (χ0) is 16.2. The van der Waals surface area contributed by atoms with Crippen molar-refractivity contribution >= 4 is 11.6 Å². The molecule has 2 aromatic rings. The number of hydrogen-bond donors (Lipinski definition) is 1. The summed E-state index contributed by atoms with van der Waals surface area (Å²) >= 11 is 0. The van der Waals surface area contributed by atoms with E-state index in [0.29, 0.717) is 12.3 Å². The number of ether oxygens (including phenoxy) is 2. The summed E-state index contributed by atoms with van der Waals surface area (Å²) < 4.78 is 12.8. The third kappa shape index (κ3) is 3.90. The van der Waals surface area contributed by atoms with E-state index in [-0.39, 0.29) is 12.0 Å². The molecule has 1 unspecified atom stereocenters. The van der Waals surface area contributed by atoms with Gasteiger partial charge in [-0.1, -0.05) is 0 Å². The molecule has 6 nitrogen and oxygen atoms in total. The van der Waals surface area contributed by atoms with E-state index in [9.17, 15) is 4.79 Å². The SMILES string of the molecule is Cc1cc(C(=O)Nc2ccc(OCC3CCCO3)cc2)n(C)n1. The van der Waals surface area contributed by atoms with E-state index < -0.39 is 0 Å². The predicted octanol–water partition coefficient (Wildman–Crippen LogP) is 2.54. The van der Waals surface area contributed by atoms with Gasteiger partial charge in [-0.25, -0.2) is 0 Å². The Morgan fingerprint density at radius 3 is 2.83 bits per heavy atom. The minimum Gasteiger partial charge on any atom is -0.491 e. The lowest BCUT2D eigenvalue weighted by atomic mass is 10.2. The monoisotopic (exact) mass is 315 g/mol. The van der Waals surface area contributed by atoms with Crippen molar-refractivity contribution in [1.82, 2.24) is 9.78 Å². The summed E-state index contributed by atoms with van der Waals surface area (Å²) in [5.41, 5.74) is 2.06. The number of hydrogen-bond acceptors (Lipinski definition) is 4. The van der Waals surface area contributed by atoms with Crippen LogP contribution in [0.5, 0.6) is 5.75 Å². The molecule has 122 valence electrons. The van der Waals surface area contributed by atoms with Crippen molar-refractivity contribution in [2.45, 2.75) is 25.9 Å². The molecule has 1 aliphatic rings. The molecule has 0 bridgehead atoms. The second-order valence-electron chi connectivity index (χ2n) is 5.72. The van der Waals surface area contributed by atoms with Gasteiger partial charge in [-0.2, -0.15) is 5.10 Å². The molecule has 0 aliphatic carbocycles. The van der Waals surface area contributed by atoms with Crippen LogP contribution in [-0.2, 0) is 11.8 Å². The fourth-order valence-electron chi connectivity index (χ4n) is 2.62. The number of anilines is 1. The second-order valence-corrected chi connectivity index (χ2v) is 5.72. The van der Waals surface area contributed by atoms with Crippen LogP contribution in [0.2, 0.25) is 0 Å². The Bertz CT molecular complexity index is 673. The number of benzene rings is 1. The smallest absolute Gasteiger partial charge is 0.273 e. The zero-order valence-corrected chi connectivity index (χ0v) is 13.4. The first-order valence-corrected chi connectivity index (χ1v) is 7.78. The van der Waals surface area contributed by atoms with Gasteiger partial charge < -0.3 is 14.8 Å². The maximum absolute atomic E-state index is 12.2. The maximum Gasteiger partial charge on any atom is 0.273 e. The minimum atomic E-state index is -0.180. The summed E-state index contributed by atoms with van der Waals surface area (Å²) in [5, 5.41) is 7.03. The highest BCUT2D eigenvalue weighted by Gasteiger charge is 2.16. The van der Waals surface area contributed by atoms with E-state index >= 15 is 0 Å². The molecule has 1 amide bonds. The summed E-state index contributed by atoms with van der Waals surface area (Å²) in [6.07, 6.45) is 2.35. The Morgan fingerprint density at radius 1 is 1.43 bits per heavy atom. The molecule has 6 heteroatoms. The van der Waals surface area contributed by atoms with E-state index in [1.54, 1.807) is 17.8 Å². The van der Waals surface area contributed by atoms with E-state index in [2.05, 4.69) is 10.4 Å². The lowest BCUT2D eigenvalue weighted by molar-refractivity contribution is 0.0679. The van der Waals surface area contributed by atoms with Crippen molar-refractivity contribution in [2.24, 2.45) is 7.05 Å². The van der Waals surface area contributed by atoms with Gasteiger partial charge >= 0.3 is 0 Å². The van der Waals surface area contributed by atoms with Crippen molar-refractivity contribution in [3.05, 3.63) is 41.7 Å². The van der Waals surface area contributed by atoms with Gasteiger partial charge in [-0.3, -0.25) is 9.48 Å². The van der Waals surface area contributed by atoms with Gasteiger partial charge in [0.25, 0.3) is 5.91 Å². The largest absolute Gasteiger partial charge is 0.491 e. The molecule has 1 saturated heterocycles. The van der Waals surface area contributed by atoms with Gasteiger partial charge in [-0.05, 0) is 50.1 Å². The first-order valence-electron chi connectivity index (χ1n) is 7.78. The van der Waals surface area contributed by atoms with Crippen molar-refractivity contribution in [3.63, 3.8) is 0 Å². The van der Waals surface area contributed by atoms with Crippen molar-refractivity contribution in [3.8, 4) is 5.75 Å². The first-order chi connectivity index (χ1) is 11.1. The normalized spacial score (nSPS) is 17.2. The van der Waals surface area contributed by atoms with Crippen molar-refractivity contribution in [2.75, 3.05) is 18.5 Å². The summed E-state index contributed by atoms with van der Waals surface area (Å²) in [6.45, 7) is 3.25. The van der Waals surface area contributed by atoms with Crippen LogP contribution in [0.1, 0.15) is 29.0 Å². The molecule has 0 saturated carbocycles. The molecule has 2 heterocycles. The molecular formula is C17H21N3O3. The predicted molar refractivity (Wildman–Crippen MR) is 86.8 cm³/mol. The van der Waals surface area contributed by atoms with Crippen LogP contribution in [0.25, 0.3) is 0 Å². The Balaban J connectivity index is 1.56. The van der Waals surface area contributed by atoms with Crippen LogP contribution >= 0.6 is 0 Å². The Hall–Kier alpha value is -2.34. The van der Waals surface area contributed by atoms with Gasteiger partial charge in [0.05, 0.1) is 11.8 Å². The van der Waals surface area contributed by atoms with Crippen LogP contribution in [0, 0.1) is 6.92 Å². The molecule has 1 aliphatic heterocycles. The van der Waals surface area contributed by atoms with Gasteiger partial charge in [0, 0.05) is 19.3 Å². The highest BCUT2D eigenvalue weighted by Crippen LogP contribution is 2.19. The Kier molecular flexibility index (Phi) is 4.62. The van der Waals surface area contributed by atoms with Gasteiger partial charge in [-0.15, -0.1) is 0 Å². The summed E-state index contributed by atoms with van der Waals surface area (Å²) in [7, 11) is 1.75. The number of nitrogens with zero attached hydrogens (tertiary/aromatic N) is 2. The number of nitrogens with one attached hydrogen (secondary N) is 1. The minimum absolute atomic E-state index is 0.180. The molecule has 1 fully saturated rings. The lowest BCUT2D eigenvalue weighted by Crippen LogP contribution is -2.17. The molecule has 1 atom stereocenters. The highest BCUT2D eigenvalue weighted by molar-refractivity contribution is 6.03. The van der Waals surface area contributed by atoms with Crippen molar-refractivity contribution in [1.29, 1.82) is 0 Å². The number of carbonyl (C=O) groups excluding carboxylic acids is 1. The van der Waals surface area contributed by atoms with Gasteiger partial charge in [0.2, 0.25) is 0 Å². The summed E-state index contributed by atoms with van der Waals surface area (Å²) in [4.78, 5) is 12.2. The number of amides is 1. The third-order valence-electron chi connectivity index (χ3n) is 3.81. The number of carbonyl (C=O) groups is 1. The lowest BCUT2D eigenvalue weighted by Gasteiger charge is -2.12. The highest BCUT2D eigenvalue weighted by atomic mass is 16.5. The number of aryl methyl sites for hydroxylation is 2. The van der Waals surface area contributed by atoms with Crippen LogP contribution in [0.4, 0.5) is 5.69 Å². The van der Waals surface area contributed by atoms with Gasteiger partial charge in [0.1, 0.15) is 18.1 Å². The Morgan fingerprint density at radius 2 is 2.22 bits per heavy atom. The van der Waals surface area contributed by atoms with Crippen LogP contribution in [-0.4, -0.2) is 35.0 Å². The third-order valence-corrected chi connectivity index (χ3v) is 3.81. The molecule has 0 radical (unpaired) electrons. The Labute approximate surface area is 135 Å². The summed E-state index contributed by atoms with van der Waals surface area (Å²) in [6, 6.07) is 9.10. The zero-order valence-electron chi connectivity index (χ0n) is 13.4. The average molecular weight is 315 g/mol. The molecule has 1 N–H and O–H groups in total. The van der Waals surface area contributed by atoms with Crippen LogP contribution < -0.4 is 10.1 Å². The maximum atomic E-state index is 12.2. The van der Waals surface area contributed by atoms with E-state index in [1.165, 1.54) is 0 Å². The summed E-state index contributed by atoms with van der Waals surface area (Å²) in [5.74, 6) is 0.594. The van der Waals surface area contributed by atoms with Crippen LogP contribution in [0.3, 0.4) is 0 Å². The quantitative estimate of drug-likeness (QED) is 0.921. The van der Waals surface area contributed by atoms with E-state index in [1.807, 2.05) is 31.2 Å². The fraction of sp³-hybridized carbons (Fsp3) is 0.412. The molecule has 23 heavy (non-hydrogen) atoms. The van der Waals surface area contributed by atoms with Gasteiger partial charge in [0.15, 0.2) is 0 Å². The van der Waals surface area contributed by atoms with Crippen LogP contribution in [0.15, 0.2) is 30.3 Å². The van der Waals surface area contributed by atoms with Crippen molar-refractivity contribution < 1.29 is 14.3 Å². The molecule has 1 aromatic heterocycles. The average Bonchev–Trinajstić information content (AvgIpc) is 3.16. The number of rotatable bonds is 5. The molecule has 1 aromatic carbocycles. The molecule has 3 rings (SSSR count). The fourth-order valence-corrected chi connectivity index (χ4v) is 2.62. The van der Waals surface area contributed by atoms with E-state index in [0.717, 1.165) is 36.6 Å². The number of aromatic nitrogens is 2. The standard InChI is InChI=1S/C17H21N3O3/c1-12-10-16(20(2)19-12)17(21)18-13-5-7-14(8-6-13)23-11-15-4-3-9-22-15/h5-8,10,15H,3-4,9,11H2,1-2H3,(H,18,21). The van der Waals surface area contributed by atoms with E-state index in [4.69, 9.17) is 9.47 Å². The first kappa shape index (κ1) is 15.6.